The summed E-state index contributed by atoms with van der Waals surface area (Å²) in [5, 5.41) is 25.1. The number of hydrogen-bond acceptors (Lipinski definition) is 6. The lowest BCUT2D eigenvalue weighted by molar-refractivity contribution is 0.396. The van der Waals surface area contributed by atoms with Crippen LogP contribution in [0, 0.1) is 0 Å². The van der Waals surface area contributed by atoms with E-state index in [-0.39, 0.29) is 0 Å². The first kappa shape index (κ1) is 31.6. The van der Waals surface area contributed by atoms with Crippen LogP contribution in [0.25, 0.3) is 33.5 Å². The molecule has 0 bridgehead atoms. The molecule has 0 aliphatic rings. The molecule has 3 aromatic heterocycles. The van der Waals surface area contributed by atoms with Crippen LogP contribution in [0.15, 0.2) is 149 Å². The molecule has 8 nitrogen and oxygen atoms in total. The van der Waals surface area contributed by atoms with Crippen LogP contribution in [0.1, 0.15) is 47.7 Å². The molecule has 0 fully saturated rings. The Hall–Kier alpha value is -5.67. The van der Waals surface area contributed by atoms with Crippen molar-refractivity contribution >= 4 is 26.7 Å². The highest BCUT2D eigenvalue weighted by molar-refractivity contribution is 9.10. The maximum atomic E-state index is 6.46. The molecular weight excluding hydrogens is 686 g/mol. The standard InChI is InChI=1S/C41H34BrN7O/c1-2-3-21-33-27-43-46-48(33)28-29-24-25-35-37(26-29)39(42)50-38(35)34-22-13-14-23-36(34)40-44-47-49(45-40)41(30-15-7-4-8-16-30,31-17-9-5-10-18-31)32-19-11-6-12-20-32/h4-20,22-27H,2-3,21,28H2,1H3. The van der Waals surface area contributed by atoms with Gasteiger partial charge in [-0.2, -0.15) is 0 Å². The van der Waals surface area contributed by atoms with Gasteiger partial charge >= 0.3 is 0 Å². The maximum absolute atomic E-state index is 6.46. The molecule has 0 unspecified atom stereocenters. The maximum Gasteiger partial charge on any atom is 0.205 e. The highest BCUT2D eigenvalue weighted by Crippen LogP contribution is 2.43. The number of aryl methyl sites for hydroxylation is 1. The summed E-state index contributed by atoms with van der Waals surface area (Å²) < 4.78 is 9.11. The molecule has 8 rings (SSSR count). The summed E-state index contributed by atoms with van der Waals surface area (Å²) in [4.78, 5) is 1.75. The van der Waals surface area contributed by atoms with Crippen LogP contribution >= 0.6 is 15.9 Å². The molecule has 0 aliphatic heterocycles. The fourth-order valence-electron chi connectivity index (χ4n) is 6.81. The third-order valence-electron chi connectivity index (χ3n) is 9.25. The Labute approximate surface area is 298 Å². The first-order valence-electron chi connectivity index (χ1n) is 16.8. The van der Waals surface area contributed by atoms with Gasteiger partial charge in [-0.15, -0.1) is 20.1 Å². The minimum absolute atomic E-state index is 0.496. The number of tetrazole rings is 1. The summed E-state index contributed by atoms with van der Waals surface area (Å²) in [5.41, 5.74) is 6.14. The van der Waals surface area contributed by atoms with Gasteiger partial charge in [-0.3, -0.25) is 0 Å². The normalized spacial score (nSPS) is 11.7. The van der Waals surface area contributed by atoms with Gasteiger partial charge in [-0.05, 0) is 62.3 Å². The van der Waals surface area contributed by atoms with Crippen LogP contribution in [0.5, 0.6) is 0 Å². The van der Waals surface area contributed by atoms with Crippen LogP contribution in [0.2, 0.25) is 0 Å². The molecule has 0 amide bonds. The van der Waals surface area contributed by atoms with Gasteiger partial charge in [0, 0.05) is 21.9 Å². The summed E-state index contributed by atoms with van der Waals surface area (Å²) in [7, 11) is 0. The Morgan fingerprint density at radius 3 is 1.96 bits per heavy atom. The van der Waals surface area contributed by atoms with Gasteiger partial charge < -0.3 is 4.42 Å². The third kappa shape index (κ3) is 5.63. The van der Waals surface area contributed by atoms with Gasteiger partial charge in [-0.1, -0.05) is 146 Å². The molecule has 0 radical (unpaired) electrons. The van der Waals surface area contributed by atoms with Crippen molar-refractivity contribution in [1.82, 2.24) is 35.2 Å². The first-order chi connectivity index (χ1) is 24.7. The van der Waals surface area contributed by atoms with Crippen LogP contribution in [-0.4, -0.2) is 35.2 Å². The van der Waals surface area contributed by atoms with E-state index in [1.54, 1.807) is 4.80 Å². The van der Waals surface area contributed by atoms with E-state index in [1.165, 1.54) is 0 Å². The van der Waals surface area contributed by atoms with Crippen molar-refractivity contribution in [2.24, 2.45) is 0 Å². The molecule has 9 heteroatoms. The summed E-state index contributed by atoms with van der Waals surface area (Å²) in [6.07, 6.45) is 5.06. The zero-order valence-corrected chi connectivity index (χ0v) is 29.1. The van der Waals surface area contributed by atoms with E-state index < -0.39 is 5.54 Å². The number of furan rings is 1. The topological polar surface area (TPSA) is 87.5 Å². The Kier molecular flexibility index (Phi) is 8.64. The summed E-state index contributed by atoms with van der Waals surface area (Å²) in [5.74, 6) is 1.23. The van der Waals surface area contributed by atoms with Gasteiger partial charge in [0.25, 0.3) is 0 Å². The summed E-state index contributed by atoms with van der Waals surface area (Å²) in [6.45, 7) is 2.83. The smallest absolute Gasteiger partial charge is 0.205 e. The molecule has 0 saturated heterocycles. The van der Waals surface area contributed by atoms with E-state index in [1.807, 2.05) is 89.7 Å². The number of nitrogens with zero attached hydrogens (tertiary/aromatic N) is 7. The third-order valence-corrected chi connectivity index (χ3v) is 9.84. The molecule has 0 spiro atoms. The number of hydrogen-bond donors (Lipinski definition) is 0. The number of aromatic nitrogens is 7. The summed E-state index contributed by atoms with van der Waals surface area (Å²) in [6, 6.07) is 45.5. The van der Waals surface area contributed by atoms with Crippen LogP contribution < -0.4 is 0 Å². The predicted molar refractivity (Wildman–Crippen MR) is 199 cm³/mol. The second-order valence-corrected chi connectivity index (χ2v) is 13.0. The Bertz CT molecular complexity index is 2270. The number of halogens is 1. The van der Waals surface area contributed by atoms with Crippen LogP contribution in [0.3, 0.4) is 0 Å². The van der Waals surface area contributed by atoms with Gasteiger partial charge in [0.2, 0.25) is 5.82 Å². The van der Waals surface area contributed by atoms with Crippen molar-refractivity contribution in [1.29, 1.82) is 0 Å². The highest BCUT2D eigenvalue weighted by Gasteiger charge is 2.41. The van der Waals surface area contributed by atoms with Gasteiger partial charge in [0.1, 0.15) is 5.76 Å². The van der Waals surface area contributed by atoms with Gasteiger partial charge in [-0.25, -0.2) is 4.68 Å². The number of rotatable bonds is 11. The Morgan fingerprint density at radius 1 is 0.700 bits per heavy atom. The SMILES string of the molecule is CCCCc1cnnn1Cc1ccc2c(-c3ccccc3-c3nnn(C(c4ccccc4)(c4ccccc4)c4ccccc4)n3)oc(Br)c2c1. The minimum Gasteiger partial charge on any atom is -0.448 e. The number of benzene rings is 5. The molecule has 0 N–H and O–H groups in total. The van der Waals surface area contributed by atoms with Crippen molar-refractivity contribution in [2.75, 3.05) is 0 Å². The molecular formula is C41H34BrN7O. The van der Waals surface area contributed by atoms with Crippen LogP contribution in [0.4, 0.5) is 0 Å². The molecule has 0 saturated carbocycles. The molecule has 0 aliphatic carbocycles. The van der Waals surface area contributed by atoms with Crippen molar-refractivity contribution in [2.45, 2.75) is 38.3 Å². The quantitative estimate of drug-likeness (QED) is 0.124. The van der Waals surface area contributed by atoms with Gasteiger partial charge in [0.15, 0.2) is 10.2 Å². The molecule has 0 atom stereocenters. The number of unbranched alkanes of at least 4 members (excludes halogenated alkanes) is 1. The van der Waals surface area contributed by atoms with Crippen molar-refractivity contribution in [3.05, 3.63) is 172 Å². The molecule has 5 aromatic carbocycles. The van der Waals surface area contributed by atoms with E-state index >= 15 is 0 Å². The zero-order valence-electron chi connectivity index (χ0n) is 27.5. The summed E-state index contributed by atoms with van der Waals surface area (Å²) >= 11 is 3.72. The van der Waals surface area contributed by atoms with E-state index in [4.69, 9.17) is 19.8 Å². The van der Waals surface area contributed by atoms with Crippen molar-refractivity contribution in [3.63, 3.8) is 0 Å². The second-order valence-electron chi connectivity index (χ2n) is 12.3. The van der Waals surface area contributed by atoms with Crippen LogP contribution in [-0.2, 0) is 18.5 Å². The lowest BCUT2D eigenvalue weighted by Gasteiger charge is -2.34. The molecule has 3 heterocycles. The monoisotopic (exact) mass is 719 g/mol. The average molecular weight is 721 g/mol. The Morgan fingerprint density at radius 2 is 1.32 bits per heavy atom. The fraction of sp³-hybridized carbons (Fsp3) is 0.146. The van der Waals surface area contributed by atoms with E-state index in [9.17, 15) is 0 Å². The van der Waals surface area contributed by atoms with Crippen molar-refractivity contribution < 1.29 is 4.42 Å². The lowest BCUT2D eigenvalue weighted by Crippen LogP contribution is -2.39. The number of fused-ring (bicyclic) bond motifs is 1. The predicted octanol–water partition coefficient (Wildman–Crippen LogP) is 9.34. The minimum atomic E-state index is -0.874. The fourth-order valence-corrected chi connectivity index (χ4v) is 7.30. The highest BCUT2D eigenvalue weighted by atomic mass is 79.9. The molecule has 8 aromatic rings. The zero-order chi connectivity index (χ0) is 33.9. The first-order valence-corrected chi connectivity index (χ1v) is 17.6. The van der Waals surface area contributed by atoms with E-state index in [2.05, 4.69) is 87.8 Å². The van der Waals surface area contributed by atoms with E-state index in [0.717, 1.165) is 74.9 Å². The molecule has 50 heavy (non-hydrogen) atoms. The average Bonchev–Trinajstić information content (AvgIpc) is 3.92. The Balaban J connectivity index is 1.22. The van der Waals surface area contributed by atoms with E-state index in [0.29, 0.717) is 17.0 Å². The van der Waals surface area contributed by atoms with Gasteiger partial charge in [0.05, 0.1) is 18.4 Å². The largest absolute Gasteiger partial charge is 0.448 e. The van der Waals surface area contributed by atoms with Crippen molar-refractivity contribution in [3.8, 4) is 22.7 Å². The lowest BCUT2D eigenvalue weighted by atomic mass is 9.77. The molecule has 246 valence electrons. The second kappa shape index (κ2) is 13.7.